The Kier molecular flexibility index (Phi) is 11.8. The third-order valence-corrected chi connectivity index (χ3v) is 9.88. The fourth-order valence-corrected chi connectivity index (χ4v) is 6.86. The summed E-state index contributed by atoms with van der Waals surface area (Å²) in [7, 11) is -4.71. The largest absolute Gasteiger partial charge is 1.00 e. The van der Waals surface area contributed by atoms with Crippen LogP contribution in [0.25, 0.3) is 26.6 Å². The number of thiazole rings is 1. The van der Waals surface area contributed by atoms with Crippen LogP contribution in [0.3, 0.4) is 0 Å². The molecule has 19 heteroatoms. The number of rotatable bonds is 11. The topological polar surface area (TPSA) is 248 Å². The molecule has 272 valence electrons. The van der Waals surface area contributed by atoms with Crippen LogP contribution in [0.15, 0.2) is 118 Å². The molecule has 0 spiro atoms. The smallest absolute Gasteiger partial charge is 0.744 e. The molecule has 0 aliphatic heterocycles. The number of nitrogens with one attached hydrogen (secondary N) is 2. The van der Waals surface area contributed by atoms with E-state index < -0.39 is 27.0 Å². The molecule has 3 heterocycles. The molecule has 3 aromatic heterocycles. The predicted molar refractivity (Wildman–Crippen MR) is 201 cm³/mol. The van der Waals surface area contributed by atoms with E-state index >= 15 is 0 Å². The third kappa shape index (κ3) is 8.57. The van der Waals surface area contributed by atoms with Crippen molar-refractivity contribution in [2.45, 2.75) is 11.8 Å². The molecule has 7 rings (SSSR count). The van der Waals surface area contributed by atoms with Gasteiger partial charge in [0, 0.05) is 16.9 Å². The Hall–Kier alpha value is -5.69. The number of carboxylic acid groups (broad SMARTS) is 2. The van der Waals surface area contributed by atoms with Gasteiger partial charge in [0.15, 0.2) is 11.6 Å². The zero-order chi connectivity index (χ0) is 38.9. The first-order chi connectivity index (χ1) is 26.4. The summed E-state index contributed by atoms with van der Waals surface area (Å²) in [4.78, 5) is 32.1. The van der Waals surface area contributed by atoms with Crippen molar-refractivity contribution in [3.8, 4) is 22.5 Å². The van der Waals surface area contributed by atoms with Crippen LogP contribution in [0.1, 0.15) is 31.8 Å². The number of benzene rings is 4. The van der Waals surface area contributed by atoms with E-state index in [0.29, 0.717) is 38.4 Å². The monoisotopic (exact) mass is 809 g/mol. The van der Waals surface area contributed by atoms with Crippen molar-refractivity contribution in [2.24, 2.45) is 10.2 Å². The van der Waals surface area contributed by atoms with Gasteiger partial charge in [0.1, 0.15) is 38.9 Å². The summed E-state index contributed by atoms with van der Waals surface area (Å²) in [6.45, 7) is 1.72. The number of aromatic nitrogens is 4. The minimum absolute atomic E-state index is 0. The van der Waals surface area contributed by atoms with Gasteiger partial charge in [-0.15, -0.1) is 10.2 Å². The molecule has 4 aromatic carbocycles. The number of carboxylic acids is 2. The van der Waals surface area contributed by atoms with Gasteiger partial charge in [-0.3, -0.25) is 0 Å². The van der Waals surface area contributed by atoms with Gasteiger partial charge in [0.2, 0.25) is 5.13 Å². The van der Waals surface area contributed by atoms with Crippen molar-refractivity contribution in [1.82, 2.24) is 19.7 Å². The molecule has 7 aromatic rings. The van der Waals surface area contributed by atoms with E-state index in [0.717, 1.165) is 23.5 Å². The first-order valence-corrected chi connectivity index (χ1v) is 18.2. The third-order valence-electron chi connectivity index (χ3n) is 8.04. The second kappa shape index (κ2) is 16.6. The molecule has 0 aliphatic carbocycles. The van der Waals surface area contributed by atoms with Gasteiger partial charge in [-0.25, -0.2) is 28.0 Å². The number of nitrogens with zero attached hydrogens (tertiary/aromatic N) is 7. The van der Waals surface area contributed by atoms with Crippen molar-refractivity contribution in [3.05, 3.63) is 125 Å². The van der Waals surface area contributed by atoms with Crippen molar-refractivity contribution in [3.63, 3.8) is 0 Å². The van der Waals surface area contributed by atoms with E-state index in [4.69, 9.17) is 5.10 Å². The fourth-order valence-electron chi connectivity index (χ4n) is 5.43. The molecule has 0 atom stereocenters. The number of azo groups is 1. The van der Waals surface area contributed by atoms with E-state index in [1.54, 1.807) is 55.5 Å². The number of anilines is 4. The van der Waals surface area contributed by atoms with Crippen molar-refractivity contribution in [1.29, 1.82) is 5.26 Å². The number of aryl methyl sites for hydroxylation is 1. The summed E-state index contributed by atoms with van der Waals surface area (Å²) in [5, 5.41) is 49.7. The minimum atomic E-state index is -4.71. The number of fused-ring (bicyclic) bond motifs is 1. The van der Waals surface area contributed by atoms with Gasteiger partial charge in [-0.1, -0.05) is 47.7 Å². The molecule has 0 aliphatic rings. The van der Waals surface area contributed by atoms with Gasteiger partial charge in [-0.2, -0.15) is 15.0 Å². The van der Waals surface area contributed by atoms with E-state index in [-0.39, 0.29) is 96.3 Å². The number of hydrogen-bond acceptors (Lipinski definition) is 14. The Morgan fingerprint density at radius 3 is 2.25 bits per heavy atom. The minimum Gasteiger partial charge on any atom is -0.744 e. The van der Waals surface area contributed by atoms with Crippen LogP contribution in [0.2, 0.25) is 0 Å². The number of nitriles is 1. The maximum atomic E-state index is 11.6. The zero-order valence-corrected chi connectivity index (χ0v) is 34.0. The average molecular weight is 810 g/mol. The zero-order valence-electron chi connectivity index (χ0n) is 29.2. The quantitative estimate of drug-likeness (QED) is 0.0770. The number of pyridine rings is 1. The summed E-state index contributed by atoms with van der Waals surface area (Å²) in [5.41, 5.74) is 3.10. The standard InChI is InChI=1S/C37H25N9O7S2.K/c1-20-16-30(39-25-9-5-8-22(17-25)35(47)48)42-33(40-24-11-13-26(14-12-24)55(51,52)53)31(20)43-44-34-27(19-38)32(21-6-3-2-4-7-21)45-46(34)37-41-28-15-10-23(36(49)50)18-29(28)54-37;/h2-18H,1H3,(H,47,48)(H,49,50)(H2,39,40,42)(H,51,52,53);/q;+1/p-1. The Bertz CT molecular complexity index is 2840. The van der Waals surface area contributed by atoms with Gasteiger partial charge in [0.05, 0.1) is 26.2 Å². The molecule has 0 saturated heterocycles. The molecular formula is C37H24KN9O7S2. The molecule has 0 saturated carbocycles. The summed E-state index contributed by atoms with van der Waals surface area (Å²) >= 11 is 1.14. The van der Waals surface area contributed by atoms with E-state index in [1.807, 2.05) is 6.07 Å². The maximum Gasteiger partial charge on any atom is 1.00 e. The predicted octanol–water partition coefficient (Wildman–Crippen LogP) is 4.93. The second-order valence-corrected chi connectivity index (χ2v) is 14.1. The van der Waals surface area contributed by atoms with Crippen LogP contribution in [0, 0.1) is 18.3 Å². The first-order valence-electron chi connectivity index (χ1n) is 16.0. The van der Waals surface area contributed by atoms with Crippen LogP contribution in [-0.2, 0) is 10.1 Å². The Balaban J connectivity index is 0.00000532. The fraction of sp³-hybridized carbons (Fsp3) is 0.0270. The van der Waals surface area contributed by atoms with Crippen molar-refractivity contribution < 1.29 is 84.2 Å². The summed E-state index contributed by atoms with van der Waals surface area (Å²) in [6, 6.07) is 28.4. The summed E-state index contributed by atoms with van der Waals surface area (Å²) in [5.74, 6) is -1.80. The van der Waals surface area contributed by atoms with Gasteiger partial charge < -0.3 is 25.4 Å². The molecule has 56 heavy (non-hydrogen) atoms. The van der Waals surface area contributed by atoms with E-state index in [2.05, 4.69) is 36.9 Å². The Morgan fingerprint density at radius 1 is 0.857 bits per heavy atom. The first kappa shape index (κ1) is 40.0. The molecule has 4 N–H and O–H groups in total. The normalized spacial score (nSPS) is 11.2. The van der Waals surface area contributed by atoms with Crippen LogP contribution >= 0.6 is 11.3 Å². The van der Waals surface area contributed by atoms with Crippen LogP contribution < -0.4 is 62.0 Å². The van der Waals surface area contributed by atoms with E-state index in [1.165, 1.54) is 41.1 Å². The Labute approximate surface area is 364 Å². The summed E-state index contributed by atoms with van der Waals surface area (Å²) in [6.07, 6.45) is 0. The van der Waals surface area contributed by atoms with Gasteiger partial charge >= 0.3 is 63.3 Å². The molecule has 16 nitrogen and oxygen atoms in total. The Morgan fingerprint density at radius 2 is 1.57 bits per heavy atom. The van der Waals surface area contributed by atoms with Crippen LogP contribution in [-0.4, -0.2) is 54.9 Å². The summed E-state index contributed by atoms with van der Waals surface area (Å²) < 4.78 is 36.6. The number of hydrogen-bond donors (Lipinski definition) is 4. The number of carbonyl (C=O) groups is 2. The molecule has 0 bridgehead atoms. The molecule has 0 radical (unpaired) electrons. The second-order valence-electron chi connectivity index (χ2n) is 11.8. The maximum absolute atomic E-state index is 11.6. The van der Waals surface area contributed by atoms with Crippen LogP contribution in [0.5, 0.6) is 0 Å². The molecule has 0 fully saturated rings. The van der Waals surface area contributed by atoms with E-state index in [9.17, 15) is 38.0 Å². The van der Waals surface area contributed by atoms with Gasteiger partial charge in [-0.05, 0) is 79.2 Å². The average Bonchev–Trinajstić information content (AvgIpc) is 3.76. The van der Waals surface area contributed by atoms with Crippen LogP contribution in [0.4, 0.5) is 34.5 Å². The van der Waals surface area contributed by atoms with Gasteiger partial charge in [0.25, 0.3) is 0 Å². The SMILES string of the molecule is Cc1cc(Nc2cccc(C(=O)O)c2)nc(Nc2ccc(S(=O)(=O)[O-])cc2)c1N=Nc1c(C#N)c(-c2ccccc2)nn1-c1nc2ccc(C(=O)O)cc2s1.[K+]. The molecule has 0 amide bonds. The molecule has 0 unspecified atom stereocenters. The molecular weight excluding hydrogens is 786 g/mol. The van der Waals surface area contributed by atoms with Crippen molar-refractivity contribution >= 4 is 78.1 Å². The van der Waals surface area contributed by atoms with Crippen molar-refractivity contribution in [2.75, 3.05) is 10.6 Å². The number of aromatic carboxylic acids is 2.